The zero-order chi connectivity index (χ0) is 14.0. The van der Waals surface area contributed by atoms with Crippen LogP contribution in [0.4, 0.5) is 0 Å². The molecule has 20 heavy (non-hydrogen) atoms. The minimum absolute atomic E-state index is 0.129. The molecule has 2 aliphatic rings. The lowest BCUT2D eigenvalue weighted by Gasteiger charge is -2.23. The molecule has 1 aromatic carbocycles. The number of hydrogen-bond acceptors (Lipinski definition) is 2. The van der Waals surface area contributed by atoms with Gasteiger partial charge in [-0.05, 0) is 43.4 Å². The zero-order valence-corrected chi connectivity index (χ0v) is 12.3. The van der Waals surface area contributed by atoms with E-state index >= 15 is 0 Å². The molecule has 1 N–H and O–H groups in total. The molecule has 3 rings (SSSR count). The molecule has 2 fully saturated rings. The van der Waals surface area contributed by atoms with Crippen molar-refractivity contribution in [2.75, 3.05) is 19.8 Å². The van der Waals surface area contributed by atoms with E-state index < -0.39 is 0 Å². The van der Waals surface area contributed by atoms with Gasteiger partial charge in [-0.25, -0.2) is 0 Å². The first-order chi connectivity index (χ1) is 9.70. The van der Waals surface area contributed by atoms with Crippen LogP contribution in [0.3, 0.4) is 0 Å². The quantitative estimate of drug-likeness (QED) is 0.927. The molecule has 108 valence electrons. The van der Waals surface area contributed by atoms with Crippen LogP contribution in [0.1, 0.15) is 31.2 Å². The van der Waals surface area contributed by atoms with Gasteiger partial charge in [0, 0.05) is 36.1 Å². The van der Waals surface area contributed by atoms with Gasteiger partial charge >= 0.3 is 0 Å². The molecule has 0 aromatic heterocycles. The first kappa shape index (κ1) is 13.9. The molecular formula is C16H20ClNO2. The third-order valence-corrected chi connectivity index (χ3v) is 4.76. The normalized spacial score (nSPS) is 21.4. The fourth-order valence-corrected chi connectivity index (χ4v) is 3.01. The van der Waals surface area contributed by atoms with Crippen molar-refractivity contribution in [3.8, 4) is 0 Å². The van der Waals surface area contributed by atoms with Crippen molar-refractivity contribution in [1.29, 1.82) is 0 Å². The number of halogens is 1. The van der Waals surface area contributed by atoms with Gasteiger partial charge in [0.25, 0.3) is 0 Å². The Bertz CT molecular complexity index is 476. The number of nitrogens with one attached hydrogen (secondary N) is 1. The van der Waals surface area contributed by atoms with Crippen molar-refractivity contribution in [3.63, 3.8) is 0 Å². The van der Waals surface area contributed by atoms with E-state index in [0.29, 0.717) is 13.2 Å². The highest BCUT2D eigenvalue weighted by Gasteiger charge is 2.44. The minimum Gasteiger partial charge on any atom is -0.381 e. The van der Waals surface area contributed by atoms with Crippen LogP contribution in [-0.2, 0) is 14.9 Å². The number of amides is 1. The number of rotatable bonds is 4. The second kappa shape index (κ2) is 5.74. The summed E-state index contributed by atoms with van der Waals surface area (Å²) in [6.07, 6.45) is 3.98. The molecule has 4 heteroatoms. The highest BCUT2D eigenvalue weighted by molar-refractivity contribution is 6.30. The van der Waals surface area contributed by atoms with E-state index in [0.717, 1.165) is 37.3 Å². The molecule has 1 aliphatic carbocycles. The monoisotopic (exact) mass is 293 g/mol. The molecule has 0 spiro atoms. The van der Waals surface area contributed by atoms with Crippen LogP contribution in [0, 0.1) is 5.92 Å². The maximum absolute atomic E-state index is 12.2. The molecule has 0 atom stereocenters. The van der Waals surface area contributed by atoms with Crippen LogP contribution in [-0.4, -0.2) is 25.7 Å². The first-order valence-corrected chi connectivity index (χ1v) is 7.69. The van der Waals surface area contributed by atoms with Crippen molar-refractivity contribution >= 4 is 17.5 Å². The summed E-state index contributed by atoms with van der Waals surface area (Å²) in [4.78, 5) is 12.2. The second-order valence-electron chi connectivity index (χ2n) is 5.89. The molecule has 1 aromatic rings. The van der Waals surface area contributed by atoms with Gasteiger partial charge in [0.15, 0.2) is 0 Å². The van der Waals surface area contributed by atoms with E-state index in [1.54, 1.807) is 0 Å². The fourth-order valence-electron chi connectivity index (χ4n) is 2.88. The summed E-state index contributed by atoms with van der Waals surface area (Å²) in [5.74, 6) is 0.318. The third-order valence-electron chi connectivity index (χ3n) is 4.50. The smallest absolute Gasteiger partial charge is 0.223 e. The van der Waals surface area contributed by atoms with Gasteiger partial charge in [-0.3, -0.25) is 4.79 Å². The summed E-state index contributed by atoms with van der Waals surface area (Å²) in [5, 5.41) is 3.90. The van der Waals surface area contributed by atoms with Crippen LogP contribution >= 0.6 is 11.6 Å². The second-order valence-corrected chi connectivity index (χ2v) is 6.33. The number of carbonyl (C=O) groups excluding carboxylic acids is 1. The number of hydrogen-bond donors (Lipinski definition) is 1. The standard InChI is InChI=1S/C16H20ClNO2/c17-14-3-1-13(2-4-14)16(7-8-16)11-18-15(19)12-5-9-20-10-6-12/h1-4,12H,5-11H2,(H,18,19). The van der Waals surface area contributed by atoms with E-state index in [1.165, 1.54) is 5.56 Å². The molecule has 0 radical (unpaired) electrons. The summed E-state index contributed by atoms with van der Waals surface area (Å²) < 4.78 is 5.30. The Hall–Kier alpha value is -1.06. The van der Waals surface area contributed by atoms with E-state index in [-0.39, 0.29) is 17.2 Å². The molecule has 1 saturated carbocycles. The van der Waals surface area contributed by atoms with Crippen LogP contribution in [0.25, 0.3) is 0 Å². The molecule has 1 heterocycles. The Balaban J connectivity index is 1.57. The molecular weight excluding hydrogens is 274 g/mol. The lowest BCUT2D eigenvalue weighted by atomic mass is 9.94. The predicted octanol–water partition coefficient (Wildman–Crippen LogP) is 2.91. The van der Waals surface area contributed by atoms with E-state index in [4.69, 9.17) is 16.3 Å². The lowest BCUT2D eigenvalue weighted by molar-refractivity contribution is -0.127. The molecule has 1 saturated heterocycles. The average Bonchev–Trinajstić information content (AvgIpc) is 3.27. The SMILES string of the molecule is O=C(NCC1(c2ccc(Cl)cc2)CC1)C1CCOCC1. The van der Waals surface area contributed by atoms with Crippen LogP contribution < -0.4 is 5.32 Å². The summed E-state index contributed by atoms with van der Waals surface area (Å²) in [6, 6.07) is 8.01. The van der Waals surface area contributed by atoms with Gasteiger partial charge < -0.3 is 10.1 Å². The Kier molecular flexibility index (Phi) is 3.99. The Labute approximate surface area is 124 Å². The largest absolute Gasteiger partial charge is 0.381 e. The summed E-state index contributed by atoms with van der Waals surface area (Å²) >= 11 is 5.93. The van der Waals surface area contributed by atoms with Crippen molar-refractivity contribution in [1.82, 2.24) is 5.32 Å². The van der Waals surface area contributed by atoms with Crippen LogP contribution in [0.2, 0.25) is 5.02 Å². The Morgan fingerprint density at radius 1 is 1.25 bits per heavy atom. The number of ether oxygens (including phenoxy) is 1. The zero-order valence-electron chi connectivity index (χ0n) is 11.5. The minimum atomic E-state index is 0.129. The van der Waals surface area contributed by atoms with Crippen molar-refractivity contribution < 1.29 is 9.53 Å². The topological polar surface area (TPSA) is 38.3 Å². The van der Waals surface area contributed by atoms with Crippen molar-refractivity contribution in [2.45, 2.75) is 31.1 Å². The van der Waals surface area contributed by atoms with Gasteiger partial charge in [-0.2, -0.15) is 0 Å². The number of carbonyl (C=O) groups is 1. The summed E-state index contributed by atoms with van der Waals surface area (Å²) in [7, 11) is 0. The molecule has 3 nitrogen and oxygen atoms in total. The molecule has 1 amide bonds. The maximum Gasteiger partial charge on any atom is 0.223 e. The average molecular weight is 294 g/mol. The summed E-state index contributed by atoms with van der Waals surface area (Å²) in [6.45, 7) is 2.16. The van der Waals surface area contributed by atoms with Gasteiger partial charge in [0.1, 0.15) is 0 Å². The van der Waals surface area contributed by atoms with Gasteiger partial charge in [0.05, 0.1) is 0 Å². The molecule has 0 unspecified atom stereocenters. The Morgan fingerprint density at radius 3 is 2.50 bits per heavy atom. The fraction of sp³-hybridized carbons (Fsp3) is 0.562. The summed E-state index contributed by atoms with van der Waals surface area (Å²) in [5.41, 5.74) is 1.43. The first-order valence-electron chi connectivity index (χ1n) is 7.31. The Morgan fingerprint density at radius 2 is 1.90 bits per heavy atom. The van der Waals surface area contributed by atoms with Crippen LogP contribution in [0.15, 0.2) is 24.3 Å². The van der Waals surface area contributed by atoms with Gasteiger partial charge in [-0.1, -0.05) is 23.7 Å². The van der Waals surface area contributed by atoms with Crippen LogP contribution in [0.5, 0.6) is 0 Å². The highest BCUT2D eigenvalue weighted by Crippen LogP contribution is 2.47. The van der Waals surface area contributed by atoms with E-state index in [1.807, 2.05) is 12.1 Å². The van der Waals surface area contributed by atoms with E-state index in [2.05, 4.69) is 17.4 Å². The third kappa shape index (κ3) is 2.99. The van der Waals surface area contributed by atoms with Crippen molar-refractivity contribution in [3.05, 3.63) is 34.9 Å². The molecule has 0 bridgehead atoms. The van der Waals surface area contributed by atoms with Crippen molar-refractivity contribution in [2.24, 2.45) is 5.92 Å². The molecule has 1 aliphatic heterocycles. The van der Waals surface area contributed by atoms with Gasteiger partial charge in [0.2, 0.25) is 5.91 Å². The van der Waals surface area contributed by atoms with Gasteiger partial charge in [-0.15, -0.1) is 0 Å². The highest BCUT2D eigenvalue weighted by atomic mass is 35.5. The van der Waals surface area contributed by atoms with E-state index in [9.17, 15) is 4.79 Å². The maximum atomic E-state index is 12.2. The predicted molar refractivity (Wildman–Crippen MR) is 78.9 cm³/mol. The number of benzene rings is 1. The lowest BCUT2D eigenvalue weighted by Crippen LogP contribution is -2.38.